The first-order valence-electron chi connectivity index (χ1n) is 6.77. The Hall–Kier alpha value is -1.88. The quantitative estimate of drug-likeness (QED) is 0.813. The maximum Gasteiger partial charge on any atom is 0.232 e. The Labute approximate surface area is 119 Å². The molecule has 1 aromatic rings. The largest absolute Gasteiger partial charge is 0.348 e. The summed E-state index contributed by atoms with van der Waals surface area (Å²) in [5.74, 6) is -0.168. The number of nitrogens with zero attached hydrogens (tertiary/aromatic N) is 2. The molecule has 0 unspecified atom stereocenters. The summed E-state index contributed by atoms with van der Waals surface area (Å²) < 4.78 is 0. The summed E-state index contributed by atoms with van der Waals surface area (Å²) in [6.45, 7) is 1.10. The first kappa shape index (κ1) is 14.5. The third-order valence-corrected chi connectivity index (χ3v) is 3.75. The Kier molecular flexibility index (Phi) is 4.39. The second-order valence-electron chi connectivity index (χ2n) is 5.44. The van der Waals surface area contributed by atoms with Gasteiger partial charge in [0.2, 0.25) is 11.8 Å². The Balaban J connectivity index is 2.00. The molecule has 0 radical (unpaired) electrons. The molecule has 2 rings (SSSR count). The normalized spacial score (nSPS) is 21.9. The molecule has 1 aromatic carbocycles. The van der Waals surface area contributed by atoms with Gasteiger partial charge >= 0.3 is 0 Å². The van der Waals surface area contributed by atoms with E-state index in [4.69, 9.17) is 5.73 Å². The van der Waals surface area contributed by atoms with Crippen molar-refractivity contribution in [2.75, 3.05) is 27.2 Å². The molecule has 1 aliphatic heterocycles. The smallest absolute Gasteiger partial charge is 0.232 e. The van der Waals surface area contributed by atoms with Gasteiger partial charge in [-0.1, -0.05) is 30.3 Å². The van der Waals surface area contributed by atoms with Crippen LogP contribution in [0.5, 0.6) is 0 Å². The Morgan fingerprint density at radius 2 is 1.90 bits per heavy atom. The van der Waals surface area contributed by atoms with Crippen LogP contribution in [0.25, 0.3) is 0 Å². The summed E-state index contributed by atoms with van der Waals surface area (Å²) in [7, 11) is 3.30. The molecular formula is C15H21N3O2. The van der Waals surface area contributed by atoms with Gasteiger partial charge in [-0.25, -0.2) is 0 Å². The molecular weight excluding hydrogens is 254 g/mol. The molecule has 20 heavy (non-hydrogen) atoms. The molecule has 0 saturated carbocycles. The Morgan fingerprint density at radius 1 is 1.25 bits per heavy atom. The van der Waals surface area contributed by atoms with Crippen LogP contribution in [0.1, 0.15) is 17.9 Å². The van der Waals surface area contributed by atoms with Gasteiger partial charge in [0.25, 0.3) is 0 Å². The fraction of sp³-hybridized carbons (Fsp3) is 0.467. The lowest BCUT2D eigenvalue weighted by Crippen LogP contribution is -2.35. The highest BCUT2D eigenvalue weighted by molar-refractivity contribution is 5.96. The van der Waals surface area contributed by atoms with E-state index in [1.807, 2.05) is 30.3 Å². The third-order valence-electron chi connectivity index (χ3n) is 3.75. The predicted molar refractivity (Wildman–Crippen MR) is 77.0 cm³/mol. The molecule has 1 saturated heterocycles. The number of hydrogen-bond donors (Lipinski definition) is 1. The molecule has 2 N–H and O–H groups in total. The SMILES string of the molecule is CN(C)C(=O)CC(=O)N1C[C@@H](N)[C@H](c2ccccc2)C1. The van der Waals surface area contributed by atoms with Gasteiger partial charge < -0.3 is 15.5 Å². The van der Waals surface area contributed by atoms with E-state index in [1.165, 1.54) is 4.90 Å². The zero-order valence-corrected chi connectivity index (χ0v) is 12.0. The van der Waals surface area contributed by atoms with Gasteiger partial charge in [0.1, 0.15) is 6.42 Å². The van der Waals surface area contributed by atoms with E-state index in [1.54, 1.807) is 19.0 Å². The highest BCUT2D eigenvalue weighted by Gasteiger charge is 2.34. The van der Waals surface area contributed by atoms with Crippen LogP contribution in [0.4, 0.5) is 0 Å². The van der Waals surface area contributed by atoms with Crippen LogP contribution in [0.3, 0.4) is 0 Å². The predicted octanol–water partition coefficient (Wildman–Crippen LogP) is 0.418. The number of carbonyl (C=O) groups is 2. The average molecular weight is 275 g/mol. The lowest BCUT2D eigenvalue weighted by atomic mass is 9.95. The fourth-order valence-electron chi connectivity index (χ4n) is 2.48. The van der Waals surface area contributed by atoms with Gasteiger partial charge in [0.15, 0.2) is 0 Å². The van der Waals surface area contributed by atoms with E-state index in [0.717, 1.165) is 5.56 Å². The van der Waals surface area contributed by atoms with Gasteiger partial charge in [-0.15, -0.1) is 0 Å². The lowest BCUT2D eigenvalue weighted by Gasteiger charge is -2.17. The summed E-state index contributed by atoms with van der Waals surface area (Å²) in [4.78, 5) is 26.8. The maximum absolute atomic E-state index is 12.1. The summed E-state index contributed by atoms with van der Waals surface area (Å²) in [6, 6.07) is 9.90. The zero-order valence-electron chi connectivity index (χ0n) is 12.0. The summed E-state index contributed by atoms with van der Waals surface area (Å²) in [5.41, 5.74) is 7.29. The highest BCUT2D eigenvalue weighted by atomic mass is 16.2. The minimum Gasteiger partial charge on any atom is -0.348 e. The molecule has 1 fully saturated rings. The van der Waals surface area contributed by atoms with E-state index in [-0.39, 0.29) is 30.2 Å². The summed E-state index contributed by atoms with van der Waals surface area (Å²) in [5, 5.41) is 0. The van der Waals surface area contributed by atoms with Crippen molar-refractivity contribution in [2.45, 2.75) is 18.4 Å². The minimum absolute atomic E-state index is 0.0733. The van der Waals surface area contributed by atoms with Crippen molar-refractivity contribution < 1.29 is 9.59 Å². The number of carbonyl (C=O) groups excluding carboxylic acids is 2. The van der Waals surface area contributed by atoms with E-state index >= 15 is 0 Å². The molecule has 108 valence electrons. The molecule has 5 nitrogen and oxygen atoms in total. The third kappa shape index (κ3) is 3.17. The second-order valence-corrected chi connectivity index (χ2v) is 5.44. The number of rotatable bonds is 3. The summed E-state index contributed by atoms with van der Waals surface area (Å²) in [6.07, 6.45) is -0.0821. The van der Waals surface area contributed by atoms with Crippen LogP contribution < -0.4 is 5.73 Å². The van der Waals surface area contributed by atoms with Gasteiger partial charge in [0.05, 0.1) is 0 Å². The lowest BCUT2D eigenvalue weighted by molar-refractivity contribution is -0.138. The number of benzene rings is 1. The monoisotopic (exact) mass is 275 g/mol. The Bertz CT molecular complexity index is 487. The molecule has 2 amide bonds. The van der Waals surface area contributed by atoms with Crippen molar-refractivity contribution in [2.24, 2.45) is 5.73 Å². The molecule has 0 aliphatic carbocycles. The number of amides is 2. The van der Waals surface area contributed by atoms with E-state index in [0.29, 0.717) is 13.1 Å². The minimum atomic E-state index is -0.174. The molecule has 1 heterocycles. The number of hydrogen-bond acceptors (Lipinski definition) is 3. The molecule has 1 aliphatic rings. The van der Waals surface area contributed by atoms with E-state index in [2.05, 4.69) is 0 Å². The zero-order chi connectivity index (χ0) is 14.7. The highest BCUT2D eigenvalue weighted by Crippen LogP contribution is 2.26. The van der Waals surface area contributed by atoms with Gasteiger partial charge in [0, 0.05) is 39.1 Å². The van der Waals surface area contributed by atoms with E-state index < -0.39 is 0 Å². The van der Waals surface area contributed by atoms with Gasteiger partial charge in [-0.05, 0) is 5.56 Å². The standard InChI is InChI=1S/C15H21N3O2/c1-17(2)14(19)8-15(20)18-9-12(13(16)10-18)11-6-4-3-5-7-11/h3-7,12-13H,8-10,16H2,1-2H3/t12-,13+/m0/s1. The summed E-state index contributed by atoms with van der Waals surface area (Å²) >= 11 is 0. The molecule has 5 heteroatoms. The Morgan fingerprint density at radius 3 is 2.50 bits per heavy atom. The second kappa shape index (κ2) is 6.05. The van der Waals surface area contributed by atoms with Crippen molar-refractivity contribution in [3.05, 3.63) is 35.9 Å². The van der Waals surface area contributed by atoms with E-state index in [9.17, 15) is 9.59 Å². The fourth-order valence-corrected chi connectivity index (χ4v) is 2.48. The topological polar surface area (TPSA) is 66.6 Å². The van der Waals surface area contributed by atoms with Crippen LogP contribution in [-0.4, -0.2) is 54.8 Å². The first-order chi connectivity index (χ1) is 9.49. The van der Waals surface area contributed by atoms with Crippen LogP contribution in [0, 0.1) is 0 Å². The average Bonchev–Trinajstić information content (AvgIpc) is 2.81. The maximum atomic E-state index is 12.1. The van der Waals surface area contributed by atoms with Crippen molar-refractivity contribution in [1.29, 1.82) is 0 Å². The van der Waals surface area contributed by atoms with Crippen molar-refractivity contribution >= 4 is 11.8 Å². The van der Waals surface area contributed by atoms with Crippen LogP contribution in [0.15, 0.2) is 30.3 Å². The van der Waals surface area contributed by atoms with Gasteiger partial charge in [-0.2, -0.15) is 0 Å². The van der Waals surface area contributed by atoms with Crippen molar-refractivity contribution in [3.8, 4) is 0 Å². The van der Waals surface area contributed by atoms with Gasteiger partial charge in [-0.3, -0.25) is 9.59 Å². The molecule has 0 aromatic heterocycles. The van der Waals surface area contributed by atoms with Crippen molar-refractivity contribution in [3.63, 3.8) is 0 Å². The molecule has 0 spiro atoms. The number of likely N-dealkylation sites (tertiary alicyclic amines) is 1. The first-order valence-corrected chi connectivity index (χ1v) is 6.77. The number of nitrogens with two attached hydrogens (primary N) is 1. The van der Waals surface area contributed by atoms with Crippen LogP contribution in [0.2, 0.25) is 0 Å². The molecule has 2 atom stereocenters. The van der Waals surface area contributed by atoms with Crippen LogP contribution >= 0.6 is 0 Å². The van der Waals surface area contributed by atoms with Crippen molar-refractivity contribution in [1.82, 2.24) is 9.80 Å². The molecule has 0 bridgehead atoms. The van der Waals surface area contributed by atoms with Crippen LogP contribution in [-0.2, 0) is 9.59 Å².